The molecule has 0 aliphatic carbocycles. The van der Waals surface area contributed by atoms with E-state index in [0.717, 1.165) is 6.08 Å². The third-order valence-electron chi connectivity index (χ3n) is 1.84. The minimum atomic E-state index is -0.657. The molecule has 0 saturated heterocycles. The number of carbonyl (C=O) groups is 2. The molecular weight excluding hydrogens is 247 g/mol. The molecule has 0 heterocycles. The second-order valence-electron chi connectivity index (χ2n) is 3.15. The van der Waals surface area contributed by atoms with Gasteiger partial charge in [-0.25, -0.2) is 4.39 Å². The van der Waals surface area contributed by atoms with Gasteiger partial charge in [-0.1, -0.05) is 17.7 Å². The fourth-order valence-electron chi connectivity index (χ4n) is 1.06. The molecule has 0 bridgehead atoms. The standard InChI is InChI=1S/C11H10ClFN2O2/c12-8-2-1-3-9(13)7(8)4-5-11(17)15-6-10(14)16/h1-5H,6H2,(H2,14,16)(H,15,17)/b5-4+. The van der Waals surface area contributed by atoms with Crippen LogP contribution < -0.4 is 11.1 Å². The van der Waals surface area contributed by atoms with Gasteiger partial charge in [-0.15, -0.1) is 0 Å². The lowest BCUT2D eigenvalue weighted by atomic mass is 10.2. The molecule has 2 amide bonds. The summed E-state index contributed by atoms with van der Waals surface area (Å²) < 4.78 is 13.3. The van der Waals surface area contributed by atoms with Crippen LogP contribution in [0, 0.1) is 5.82 Å². The summed E-state index contributed by atoms with van der Waals surface area (Å²) in [7, 11) is 0. The van der Waals surface area contributed by atoms with Gasteiger partial charge in [0, 0.05) is 11.6 Å². The van der Waals surface area contributed by atoms with Crippen molar-refractivity contribution >= 4 is 29.5 Å². The molecule has 0 aliphatic rings. The molecule has 0 atom stereocenters. The van der Waals surface area contributed by atoms with Crippen LogP contribution in [0.25, 0.3) is 6.08 Å². The van der Waals surface area contributed by atoms with E-state index in [-0.39, 0.29) is 17.1 Å². The van der Waals surface area contributed by atoms with E-state index in [0.29, 0.717) is 0 Å². The number of hydrogen-bond donors (Lipinski definition) is 2. The van der Waals surface area contributed by atoms with E-state index in [1.54, 1.807) is 0 Å². The maximum atomic E-state index is 13.3. The average Bonchev–Trinajstić information content (AvgIpc) is 2.25. The molecule has 1 aromatic carbocycles. The van der Waals surface area contributed by atoms with Crippen LogP contribution >= 0.6 is 11.6 Å². The first-order chi connectivity index (χ1) is 8.00. The van der Waals surface area contributed by atoms with Crippen LogP contribution in [0.5, 0.6) is 0 Å². The van der Waals surface area contributed by atoms with Crippen molar-refractivity contribution in [2.24, 2.45) is 5.73 Å². The number of nitrogens with two attached hydrogens (primary N) is 1. The zero-order valence-electron chi connectivity index (χ0n) is 8.74. The van der Waals surface area contributed by atoms with Crippen LogP contribution in [0.2, 0.25) is 5.02 Å². The van der Waals surface area contributed by atoms with Crippen LogP contribution in [0.15, 0.2) is 24.3 Å². The quantitative estimate of drug-likeness (QED) is 0.792. The molecule has 0 aliphatic heterocycles. The Morgan fingerprint density at radius 2 is 2.18 bits per heavy atom. The number of carbonyl (C=O) groups excluding carboxylic acids is 2. The number of amides is 2. The van der Waals surface area contributed by atoms with E-state index in [2.05, 4.69) is 5.32 Å². The van der Waals surface area contributed by atoms with Gasteiger partial charge in [0.05, 0.1) is 11.6 Å². The summed E-state index contributed by atoms with van der Waals surface area (Å²) >= 11 is 5.74. The average molecular weight is 257 g/mol. The highest BCUT2D eigenvalue weighted by Gasteiger charge is 2.04. The third-order valence-corrected chi connectivity index (χ3v) is 2.17. The van der Waals surface area contributed by atoms with Crippen molar-refractivity contribution in [1.82, 2.24) is 5.32 Å². The zero-order valence-corrected chi connectivity index (χ0v) is 9.50. The van der Waals surface area contributed by atoms with Gasteiger partial charge in [0.1, 0.15) is 5.82 Å². The fourth-order valence-corrected chi connectivity index (χ4v) is 1.29. The summed E-state index contributed by atoms with van der Waals surface area (Å²) in [6.45, 7) is -0.270. The summed E-state index contributed by atoms with van der Waals surface area (Å²) in [5.74, 6) is -1.74. The van der Waals surface area contributed by atoms with E-state index in [9.17, 15) is 14.0 Å². The van der Waals surface area contributed by atoms with Crippen LogP contribution in [-0.4, -0.2) is 18.4 Å². The second kappa shape index (κ2) is 6.00. The number of primary amides is 1. The lowest BCUT2D eigenvalue weighted by Gasteiger charge is -2.00. The number of rotatable bonds is 4. The molecule has 90 valence electrons. The first-order valence-electron chi connectivity index (χ1n) is 4.69. The first kappa shape index (κ1) is 13.2. The zero-order chi connectivity index (χ0) is 12.8. The Morgan fingerprint density at radius 1 is 1.47 bits per heavy atom. The minimum Gasteiger partial charge on any atom is -0.368 e. The molecule has 0 aromatic heterocycles. The molecule has 0 fully saturated rings. The molecule has 17 heavy (non-hydrogen) atoms. The Kier molecular flexibility index (Phi) is 4.66. The Balaban J connectivity index is 2.70. The van der Waals surface area contributed by atoms with Crippen molar-refractivity contribution in [3.8, 4) is 0 Å². The topological polar surface area (TPSA) is 72.2 Å². The molecule has 1 aromatic rings. The summed E-state index contributed by atoms with van der Waals surface area (Å²) in [6.07, 6.45) is 2.31. The molecule has 1 rings (SSSR count). The molecule has 4 nitrogen and oxygen atoms in total. The highest BCUT2D eigenvalue weighted by Crippen LogP contribution is 2.19. The monoisotopic (exact) mass is 256 g/mol. The predicted octanol–water partition coefficient (Wildman–Crippen LogP) is 1.09. The van der Waals surface area contributed by atoms with E-state index in [1.165, 1.54) is 24.3 Å². The van der Waals surface area contributed by atoms with Gasteiger partial charge in [0.25, 0.3) is 0 Å². The van der Waals surface area contributed by atoms with Crippen molar-refractivity contribution in [2.45, 2.75) is 0 Å². The molecular formula is C11H10ClFN2O2. The Hall–Kier alpha value is -1.88. The van der Waals surface area contributed by atoms with Gasteiger partial charge in [-0.2, -0.15) is 0 Å². The normalized spacial score (nSPS) is 10.5. The molecule has 0 radical (unpaired) electrons. The van der Waals surface area contributed by atoms with Gasteiger partial charge in [0.2, 0.25) is 11.8 Å². The van der Waals surface area contributed by atoms with E-state index < -0.39 is 17.6 Å². The van der Waals surface area contributed by atoms with Crippen molar-refractivity contribution in [3.63, 3.8) is 0 Å². The molecule has 0 spiro atoms. The predicted molar refractivity (Wildman–Crippen MR) is 62.6 cm³/mol. The number of nitrogens with one attached hydrogen (secondary N) is 1. The lowest BCUT2D eigenvalue weighted by molar-refractivity contribution is -0.122. The fraction of sp³-hybridized carbons (Fsp3) is 0.0909. The highest BCUT2D eigenvalue weighted by atomic mass is 35.5. The molecule has 0 unspecified atom stereocenters. The lowest BCUT2D eigenvalue weighted by Crippen LogP contribution is -2.32. The van der Waals surface area contributed by atoms with Crippen LogP contribution in [0.3, 0.4) is 0 Å². The third kappa shape index (κ3) is 4.24. The van der Waals surface area contributed by atoms with E-state index in [1.807, 2.05) is 0 Å². The van der Waals surface area contributed by atoms with Crippen LogP contribution in [-0.2, 0) is 9.59 Å². The van der Waals surface area contributed by atoms with Gasteiger partial charge in [-0.3, -0.25) is 9.59 Å². The van der Waals surface area contributed by atoms with Crippen molar-refractivity contribution in [3.05, 3.63) is 40.7 Å². The van der Waals surface area contributed by atoms with E-state index in [4.69, 9.17) is 17.3 Å². The summed E-state index contributed by atoms with van der Waals surface area (Å²) in [4.78, 5) is 21.6. The van der Waals surface area contributed by atoms with Crippen LogP contribution in [0.4, 0.5) is 4.39 Å². The minimum absolute atomic E-state index is 0.114. The molecule has 0 saturated carbocycles. The molecule has 6 heteroatoms. The van der Waals surface area contributed by atoms with Crippen LogP contribution in [0.1, 0.15) is 5.56 Å². The molecule has 3 N–H and O–H groups in total. The van der Waals surface area contributed by atoms with Gasteiger partial charge in [0.15, 0.2) is 0 Å². The summed E-state index contributed by atoms with van der Waals surface area (Å²) in [5, 5.41) is 2.42. The van der Waals surface area contributed by atoms with Gasteiger partial charge in [-0.05, 0) is 18.2 Å². The largest absolute Gasteiger partial charge is 0.368 e. The SMILES string of the molecule is NC(=O)CNC(=O)/C=C/c1c(F)cccc1Cl. The van der Waals surface area contributed by atoms with Crippen molar-refractivity contribution < 1.29 is 14.0 Å². The number of benzene rings is 1. The Morgan fingerprint density at radius 3 is 2.76 bits per heavy atom. The summed E-state index contributed by atoms with van der Waals surface area (Å²) in [6, 6.07) is 4.20. The van der Waals surface area contributed by atoms with E-state index >= 15 is 0 Å². The Bertz CT molecular complexity index is 454. The number of hydrogen-bond acceptors (Lipinski definition) is 2. The maximum Gasteiger partial charge on any atom is 0.244 e. The summed E-state index contributed by atoms with van der Waals surface area (Å²) in [5.41, 5.74) is 4.95. The maximum absolute atomic E-state index is 13.3. The Labute approximate surface area is 102 Å². The van der Waals surface area contributed by atoms with Gasteiger partial charge >= 0.3 is 0 Å². The smallest absolute Gasteiger partial charge is 0.244 e. The van der Waals surface area contributed by atoms with Crippen molar-refractivity contribution in [1.29, 1.82) is 0 Å². The highest BCUT2D eigenvalue weighted by molar-refractivity contribution is 6.32. The number of halogens is 2. The first-order valence-corrected chi connectivity index (χ1v) is 5.06. The van der Waals surface area contributed by atoms with Crippen molar-refractivity contribution in [2.75, 3.05) is 6.54 Å². The van der Waals surface area contributed by atoms with Gasteiger partial charge < -0.3 is 11.1 Å². The second-order valence-corrected chi connectivity index (χ2v) is 3.56.